The van der Waals surface area contributed by atoms with E-state index in [2.05, 4.69) is 29.1 Å². The fourth-order valence-corrected chi connectivity index (χ4v) is 8.00. The molecule has 0 aromatic heterocycles. The van der Waals surface area contributed by atoms with Crippen LogP contribution in [0.25, 0.3) is 0 Å². The first-order valence-electron chi connectivity index (χ1n) is 14.7. The Kier molecular flexibility index (Phi) is 9.55. The van der Waals surface area contributed by atoms with Gasteiger partial charge in [0.2, 0.25) is 11.8 Å². The van der Waals surface area contributed by atoms with Gasteiger partial charge in [-0.3, -0.25) is 14.4 Å². The van der Waals surface area contributed by atoms with E-state index in [1.54, 1.807) is 72.5 Å². The zero-order chi connectivity index (χ0) is 31.8. The first kappa shape index (κ1) is 32.2. The number of ether oxygens (including phenoxy) is 2. The monoisotopic (exact) mass is 685 g/mol. The van der Waals surface area contributed by atoms with Crippen LogP contribution < -0.4 is 14.5 Å². The summed E-state index contributed by atoms with van der Waals surface area (Å²) in [4.78, 5) is 47.8. The smallest absolute Gasteiger partial charge is 0.253 e. The Morgan fingerprint density at radius 2 is 1.68 bits per heavy atom. The number of nitrogens with zero attached hydrogens (tertiary/aromatic N) is 3. The summed E-state index contributed by atoms with van der Waals surface area (Å²) in [6.07, 6.45) is 2.94. The highest BCUT2D eigenvalue weighted by Gasteiger charge is 2.77. The van der Waals surface area contributed by atoms with E-state index in [-0.39, 0.29) is 42.2 Å². The number of aliphatic hydroxyl groups excluding tert-OH is 1. The van der Waals surface area contributed by atoms with Crippen LogP contribution in [-0.4, -0.2) is 82.6 Å². The molecule has 3 saturated heterocycles. The number of rotatable bonds is 12. The molecule has 3 aliphatic heterocycles. The molecule has 3 amide bonds. The minimum Gasteiger partial charge on any atom is -0.494 e. The Labute approximate surface area is 271 Å². The minimum absolute atomic E-state index is 0.168. The molecule has 5 rings (SSSR count). The van der Waals surface area contributed by atoms with Crippen LogP contribution >= 0.6 is 27.5 Å². The minimum atomic E-state index is -1.29. The normalized spacial score (nSPS) is 27.5. The van der Waals surface area contributed by atoms with E-state index in [0.29, 0.717) is 35.2 Å². The maximum absolute atomic E-state index is 14.6. The molecule has 3 unspecified atom stereocenters. The second-order valence-corrected chi connectivity index (χ2v) is 12.9. The van der Waals surface area contributed by atoms with Crippen molar-refractivity contribution in [2.45, 2.75) is 48.9 Å². The van der Waals surface area contributed by atoms with Crippen LogP contribution in [-0.2, 0) is 19.1 Å². The average molecular weight is 687 g/mol. The van der Waals surface area contributed by atoms with Crippen LogP contribution in [0.1, 0.15) is 20.3 Å². The van der Waals surface area contributed by atoms with Crippen molar-refractivity contribution in [1.29, 1.82) is 0 Å². The van der Waals surface area contributed by atoms with Crippen LogP contribution in [0.2, 0.25) is 5.02 Å². The summed E-state index contributed by atoms with van der Waals surface area (Å²) in [5.41, 5.74) is -0.0902. The highest BCUT2D eigenvalue weighted by Crippen LogP contribution is 2.61. The van der Waals surface area contributed by atoms with Gasteiger partial charge in [-0.25, -0.2) is 0 Å². The molecule has 0 aliphatic carbocycles. The van der Waals surface area contributed by atoms with E-state index in [4.69, 9.17) is 21.1 Å². The summed E-state index contributed by atoms with van der Waals surface area (Å²) in [5, 5.41) is 10.7. The van der Waals surface area contributed by atoms with Crippen LogP contribution in [0.5, 0.6) is 5.75 Å². The molecule has 9 nitrogen and oxygen atoms in total. The van der Waals surface area contributed by atoms with Crippen molar-refractivity contribution < 1.29 is 29.0 Å². The summed E-state index contributed by atoms with van der Waals surface area (Å²) in [6, 6.07) is 12.2. The quantitative estimate of drug-likeness (QED) is 0.259. The van der Waals surface area contributed by atoms with Gasteiger partial charge in [0.05, 0.1) is 37.2 Å². The summed E-state index contributed by atoms with van der Waals surface area (Å²) < 4.78 is 12.2. The molecule has 0 saturated carbocycles. The van der Waals surface area contributed by atoms with Crippen LogP contribution in [0.15, 0.2) is 73.8 Å². The zero-order valence-corrected chi connectivity index (χ0v) is 27.1. The Morgan fingerprint density at radius 1 is 1.11 bits per heavy atom. The number of hydrogen-bond acceptors (Lipinski definition) is 6. The molecule has 7 atom stereocenters. The van der Waals surface area contributed by atoms with Crippen molar-refractivity contribution in [2.75, 3.05) is 36.1 Å². The third-order valence-electron chi connectivity index (χ3n) is 8.74. The number of anilines is 2. The van der Waals surface area contributed by atoms with Crippen LogP contribution in [0.3, 0.4) is 0 Å². The SMILES string of the molecule is C=CCN(C(=O)C1N([C@H](C)CO)C(=O)[C@@H]2[C@H](C(=O)N(CC=C)c3ccc(OCC)cc3)[C@H]3OC12CC3Br)c1ccc(Cl)cc1. The molecule has 3 heterocycles. The molecule has 2 aromatic rings. The highest BCUT2D eigenvalue weighted by atomic mass is 79.9. The van der Waals surface area contributed by atoms with Crippen molar-refractivity contribution in [3.05, 3.63) is 78.9 Å². The molecule has 2 aromatic carbocycles. The number of hydrogen-bond donors (Lipinski definition) is 1. The molecule has 44 heavy (non-hydrogen) atoms. The first-order chi connectivity index (χ1) is 21.1. The number of carbonyl (C=O) groups is 3. The molecule has 11 heteroatoms. The fourth-order valence-electron chi connectivity index (χ4n) is 6.93. The number of benzene rings is 2. The van der Waals surface area contributed by atoms with E-state index in [1.165, 1.54) is 9.80 Å². The highest BCUT2D eigenvalue weighted by molar-refractivity contribution is 9.09. The van der Waals surface area contributed by atoms with E-state index in [1.807, 2.05) is 6.92 Å². The fraction of sp³-hybridized carbons (Fsp3) is 0.424. The summed E-state index contributed by atoms with van der Waals surface area (Å²) in [7, 11) is 0. The Morgan fingerprint density at radius 3 is 2.23 bits per heavy atom. The van der Waals surface area contributed by atoms with E-state index in [0.717, 1.165) is 0 Å². The Bertz CT molecular complexity index is 1420. The van der Waals surface area contributed by atoms with Crippen LogP contribution in [0, 0.1) is 11.8 Å². The van der Waals surface area contributed by atoms with Gasteiger partial charge in [-0.2, -0.15) is 0 Å². The largest absolute Gasteiger partial charge is 0.494 e. The van der Waals surface area contributed by atoms with E-state index >= 15 is 0 Å². The molecular weight excluding hydrogens is 650 g/mol. The third kappa shape index (κ3) is 5.36. The number of carbonyl (C=O) groups excluding carboxylic acids is 3. The number of fused-ring (bicyclic) bond motifs is 1. The van der Waals surface area contributed by atoms with Crippen molar-refractivity contribution >= 4 is 56.6 Å². The predicted molar refractivity (Wildman–Crippen MR) is 173 cm³/mol. The molecule has 1 N–H and O–H groups in total. The average Bonchev–Trinajstić information content (AvgIpc) is 3.62. The van der Waals surface area contributed by atoms with Gasteiger partial charge in [0.15, 0.2) is 0 Å². The number of amides is 3. The predicted octanol–water partition coefficient (Wildman–Crippen LogP) is 4.61. The van der Waals surface area contributed by atoms with Crippen molar-refractivity contribution in [3.63, 3.8) is 0 Å². The number of alkyl halides is 1. The van der Waals surface area contributed by atoms with Crippen molar-refractivity contribution in [2.24, 2.45) is 11.8 Å². The molecule has 1 spiro atoms. The number of halogens is 2. The van der Waals surface area contributed by atoms with Crippen molar-refractivity contribution in [1.82, 2.24) is 4.90 Å². The molecular formula is C33H37BrClN3O6. The van der Waals surface area contributed by atoms with Crippen molar-refractivity contribution in [3.8, 4) is 5.75 Å². The maximum Gasteiger partial charge on any atom is 0.253 e. The van der Waals surface area contributed by atoms with E-state index in [9.17, 15) is 19.5 Å². The van der Waals surface area contributed by atoms with Gasteiger partial charge in [-0.05, 0) is 68.8 Å². The first-order valence-corrected chi connectivity index (χ1v) is 16.0. The second-order valence-electron chi connectivity index (χ2n) is 11.3. The lowest BCUT2D eigenvalue weighted by atomic mass is 9.70. The van der Waals surface area contributed by atoms with Crippen LogP contribution in [0.4, 0.5) is 11.4 Å². The van der Waals surface area contributed by atoms with Gasteiger partial charge in [-0.15, -0.1) is 13.2 Å². The molecule has 0 radical (unpaired) electrons. The number of aliphatic hydroxyl groups is 1. The Balaban J connectivity index is 1.57. The summed E-state index contributed by atoms with van der Waals surface area (Å²) >= 11 is 9.85. The zero-order valence-electron chi connectivity index (χ0n) is 24.8. The lowest BCUT2D eigenvalue weighted by Gasteiger charge is -2.38. The summed E-state index contributed by atoms with van der Waals surface area (Å²) in [6.45, 7) is 11.8. The summed E-state index contributed by atoms with van der Waals surface area (Å²) in [5.74, 6) is -2.19. The standard InChI is InChI=1S/C33H37BrClN3O6/c1-5-16-36(23-12-14-24(15-13-23)43-7-3)30(40)26-27-31(41)38(20(4)19-39)29(33(27)18-25(34)28(26)44-33)32(42)37(17-6-2)22-10-8-21(35)9-11-22/h5-6,8-15,20,25-29,39H,1-2,7,16-19H2,3-4H3/t20-,25?,26+,27+,28+,29?,33?/m1/s1. The maximum atomic E-state index is 14.6. The van der Waals surface area contributed by atoms with E-state index < -0.39 is 35.6 Å². The second kappa shape index (κ2) is 13.0. The van der Waals surface area contributed by atoms with Gasteiger partial charge >= 0.3 is 0 Å². The number of likely N-dealkylation sites (tertiary alicyclic amines) is 1. The third-order valence-corrected chi connectivity index (χ3v) is 9.84. The molecule has 3 aliphatic rings. The van der Waals surface area contributed by atoms with Gasteiger partial charge in [0.1, 0.15) is 17.4 Å². The molecule has 2 bridgehead atoms. The lowest BCUT2D eigenvalue weighted by Crippen LogP contribution is -2.59. The molecule has 3 fully saturated rings. The lowest BCUT2D eigenvalue weighted by molar-refractivity contribution is -0.143. The van der Waals surface area contributed by atoms with Gasteiger partial charge in [0, 0.05) is 34.3 Å². The Hall–Kier alpha value is -3.18. The van der Waals surface area contributed by atoms with Gasteiger partial charge in [-0.1, -0.05) is 39.7 Å². The molecule has 234 valence electrons. The van der Waals surface area contributed by atoms with Gasteiger partial charge < -0.3 is 29.3 Å². The topological polar surface area (TPSA) is 99.6 Å². The van der Waals surface area contributed by atoms with Gasteiger partial charge in [0.25, 0.3) is 5.91 Å².